The molecule has 0 saturated carbocycles. The van der Waals surface area contributed by atoms with Gasteiger partial charge >= 0.3 is 0 Å². The van der Waals surface area contributed by atoms with Crippen molar-refractivity contribution in [3.05, 3.63) is 24.3 Å². The lowest BCUT2D eigenvalue weighted by Crippen LogP contribution is -2.42. The zero-order valence-corrected chi connectivity index (χ0v) is 9.06. The summed E-state index contributed by atoms with van der Waals surface area (Å²) < 4.78 is 23.5. The van der Waals surface area contributed by atoms with Crippen LogP contribution in [0.15, 0.2) is 29.2 Å². The summed E-state index contributed by atoms with van der Waals surface area (Å²) in [5.41, 5.74) is 0.715. The molecule has 0 amide bonds. The molecular weight excluding hydrogens is 198 g/mol. The van der Waals surface area contributed by atoms with Crippen molar-refractivity contribution in [2.45, 2.75) is 23.5 Å². The molecule has 1 aliphatic rings. The first-order valence-corrected chi connectivity index (χ1v) is 6.01. The summed E-state index contributed by atoms with van der Waals surface area (Å²) in [4.78, 5) is 0.413. The monoisotopic (exact) mass is 211 g/mol. The van der Waals surface area contributed by atoms with Crippen LogP contribution in [-0.4, -0.2) is 19.7 Å². The maximum Gasteiger partial charge on any atom is 0.187 e. The van der Waals surface area contributed by atoms with Crippen LogP contribution in [0.25, 0.3) is 0 Å². The maximum absolute atomic E-state index is 12.1. The molecule has 1 N–H and O–H groups in total. The van der Waals surface area contributed by atoms with E-state index in [-0.39, 0.29) is 0 Å². The molecule has 0 fully saturated rings. The van der Waals surface area contributed by atoms with Crippen LogP contribution in [0.2, 0.25) is 0 Å². The first-order valence-electron chi connectivity index (χ1n) is 4.53. The van der Waals surface area contributed by atoms with E-state index < -0.39 is 14.6 Å². The van der Waals surface area contributed by atoms with Gasteiger partial charge in [0.05, 0.1) is 15.3 Å². The fourth-order valence-electron chi connectivity index (χ4n) is 1.55. The lowest BCUT2D eigenvalue weighted by molar-refractivity contribution is 0.548. The van der Waals surface area contributed by atoms with E-state index in [4.69, 9.17) is 0 Å². The summed E-state index contributed by atoms with van der Waals surface area (Å²) in [6.45, 7) is 3.95. The van der Waals surface area contributed by atoms with Crippen molar-refractivity contribution in [1.29, 1.82) is 0 Å². The van der Waals surface area contributed by atoms with Gasteiger partial charge in [-0.05, 0) is 26.0 Å². The Labute approximate surface area is 84.1 Å². The minimum absolute atomic E-state index is 0.413. The average molecular weight is 211 g/mol. The van der Waals surface area contributed by atoms with Crippen LogP contribution in [0, 0.1) is 0 Å². The smallest absolute Gasteiger partial charge is 0.187 e. The highest BCUT2D eigenvalue weighted by atomic mass is 32.2. The van der Waals surface area contributed by atoms with Gasteiger partial charge in [-0.2, -0.15) is 0 Å². The Hall–Kier alpha value is -1.03. The third-order valence-electron chi connectivity index (χ3n) is 2.61. The highest BCUT2D eigenvalue weighted by Crippen LogP contribution is 2.34. The molecule has 76 valence electrons. The molecule has 1 aromatic carbocycles. The van der Waals surface area contributed by atoms with Gasteiger partial charge in [0.15, 0.2) is 9.84 Å². The molecule has 0 aromatic heterocycles. The van der Waals surface area contributed by atoms with Gasteiger partial charge in [-0.25, -0.2) is 8.42 Å². The maximum atomic E-state index is 12.1. The van der Waals surface area contributed by atoms with Gasteiger partial charge < -0.3 is 5.32 Å². The van der Waals surface area contributed by atoms with Crippen molar-refractivity contribution in [1.82, 2.24) is 0 Å². The SMILES string of the molecule is CC1(C)CNc2ccccc2S1(=O)=O. The number of fused-ring (bicyclic) bond motifs is 1. The number of hydrogen-bond acceptors (Lipinski definition) is 3. The summed E-state index contributed by atoms with van der Waals surface area (Å²) in [6.07, 6.45) is 0. The molecule has 2 rings (SSSR count). The first-order chi connectivity index (χ1) is 6.45. The number of hydrogen-bond donors (Lipinski definition) is 1. The lowest BCUT2D eigenvalue weighted by atomic mass is 10.2. The second-order valence-corrected chi connectivity index (χ2v) is 6.66. The molecule has 0 unspecified atom stereocenters. The highest BCUT2D eigenvalue weighted by Gasteiger charge is 2.40. The van der Waals surface area contributed by atoms with E-state index >= 15 is 0 Å². The van der Waals surface area contributed by atoms with Crippen LogP contribution in [0.5, 0.6) is 0 Å². The summed E-state index contributed by atoms with van der Waals surface area (Å²) >= 11 is 0. The summed E-state index contributed by atoms with van der Waals surface area (Å²) in [6, 6.07) is 7.03. The Morgan fingerprint density at radius 1 is 1.29 bits per heavy atom. The van der Waals surface area contributed by atoms with Gasteiger partial charge in [0.25, 0.3) is 0 Å². The number of para-hydroxylation sites is 1. The Morgan fingerprint density at radius 3 is 2.64 bits per heavy atom. The minimum atomic E-state index is -3.18. The van der Waals surface area contributed by atoms with Gasteiger partial charge in [0, 0.05) is 6.54 Å². The van der Waals surface area contributed by atoms with Crippen molar-refractivity contribution in [2.75, 3.05) is 11.9 Å². The van der Waals surface area contributed by atoms with Crippen LogP contribution in [0.3, 0.4) is 0 Å². The molecule has 1 heterocycles. The normalized spacial score (nSPS) is 22.1. The largest absolute Gasteiger partial charge is 0.382 e. The molecule has 0 bridgehead atoms. The van der Waals surface area contributed by atoms with E-state index in [1.165, 1.54) is 0 Å². The molecule has 4 heteroatoms. The average Bonchev–Trinajstić information content (AvgIpc) is 2.13. The minimum Gasteiger partial charge on any atom is -0.382 e. The lowest BCUT2D eigenvalue weighted by Gasteiger charge is -2.31. The van der Waals surface area contributed by atoms with Crippen molar-refractivity contribution in [2.24, 2.45) is 0 Å². The number of sulfone groups is 1. The van der Waals surface area contributed by atoms with E-state index in [2.05, 4.69) is 5.32 Å². The summed E-state index contributed by atoms with van der Waals surface area (Å²) in [5, 5.41) is 3.13. The topological polar surface area (TPSA) is 46.2 Å². The first kappa shape index (κ1) is 9.52. The van der Waals surface area contributed by atoms with Gasteiger partial charge in [0.1, 0.15) is 0 Å². The number of nitrogens with one attached hydrogen (secondary N) is 1. The van der Waals surface area contributed by atoms with Gasteiger partial charge in [-0.15, -0.1) is 0 Å². The molecule has 14 heavy (non-hydrogen) atoms. The predicted molar refractivity (Wildman–Crippen MR) is 56.2 cm³/mol. The van der Waals surface area contributed by atoms with Crippen molar-refractivity contribution in [3.8, 4) is 0 Å². The van der Waals surface area contributed by atoms with Crippen molar-refractivity contribution >= 4 is 15.5 Å². The molecule has 0 saturated heterocycles. The van der Waals surface area contributed by atoms with E-state index in [0.29, 0.717) is 17.1 Å². The molecule has 0 radical (unpaired) electrons. The Kier molecular flexibility index (Phi) is 1.86. The number of benzene rings is 1. The Morgan fingerprint density at radius 2 is 1.93 bits per heavy atom. The molecule has 1 aliphatic heterocycles. The fraction of sp³-hybridized carbons (Fsp3) is 0.400. The van der Waals surface area contributed by atoms with Crippen LogP contribution >= 0.6 is 0 Å². The standard InChI is InChI=1S/C10H13NO2S/c1-10(2)7-11-8-5-3-4-6-9(8)14(10,12)13/h3-6,11H,7H2,1-2H3. The second kappa shape index (κ2) is 2.73. The van der Waals surface area contributed by atoms with Gasteiger partial charge in [-0.1, -0.05) is 12.1 Å². The highest BCUT2D eigenvalue weighted by molar-refractivity contribution is 7.93. The predicted octanol–water partition coefficient (Wildman–Crippen LogP) is 1.66. The third-order valence-corrected chi connectivity index (χ3v) is 5.14. The van der Waals surface area contributed by atoms with Crippen LogP contribution in [-0.2, 0) is 9.84 Å². The van der Waals surface area contributed by atoms with E-state index in [0.717, 1.165) is 0 Å². The van der Waals surface area contributed by atoms with Gasteiger partial charge in [0.2, 0.25) is 0 Å². The quantitative estimate of drug-likeness (QED) is 0.710. The van der Waals surface area contributed by atoms with Crippen molar-refractivity contribution < 1.29 is 8.42 Å². The second-order valence-electron chi connectivity index (χ2n) is 4.11. The molecule has 0 aliphatic carbocycles. The van der Waals surface area contributed by atoms with Crippen LogP contribution < -0.4 is 5.32 Å². The molecule has 3 nitrogen and oxygen atoms in total. The Balaban J connectivity index is 2.70. The fourth-order valence-corrected chi connectivity index (χ4v) is 3.09. The molecular formula is C10H13NO2S. The molecule has 0 atom stereocenters. The number of anilines is 1. The number of rotatable bonds is 0. The van der Waals surface area contributed by atoms with Crippen LogP contribution in [0.4, 0.5) is 5.69 Å². The molecule has 1 aromatic rings. The Bertz CT molecular complexity index is 463. The van der Waals surface area contributed by atoms with Crippen molar-refractivity contribution in [3.63, 3.8) is 0 Å². The zero-order chi connectivity index (χ0) is 10.4. The summed E-state index contributed by atoms with van der Waals surface area (Å²) in [7, 11) is -3.18. The van der Waals surface area contributed by atoms with E-state index in [1.54, 1.807) is 32.0 Å². The van der Waals surface area contributed by atoms with E-state index in [1.807, 2.05) is 6.07 Å². The van der Waals surface area contributed by atoms with E-state index in [9.17, 15) is 8.42 Å². The molecule has 0 spiro atoms. The van der Waals surface area contributed by atoms with Crippen LogP contribution in [0.1, 0.15) is 13.8 Å². The van der Waals surface area contributed by atoms with Gasteiger partial charge in [-0.3, -0.25) is 0 Å². The summed E-state index contributed by atoms with van der Waals surface area (Å²) in [5.74, 6) is 0. The zero-order valence-electron chi connectivity index (χ0n) is 8.24. The third kappa shape index (κ3) is 1.14.